The van der Waals surface area contributed by atoms with E-state index in [2.05, 4.69) is 10.3 Å². The third-order valence-electron chi connectivity index (χ3n) is 3.49. The van der Waals surface area contributed by atoms with E-state index in [0.717, 1.165) is 5.82 Å². The molecule has 0 spiro atoms. The van der Waals surface area contributed by atoms with Gasteiger partial charge in [-0.2, -0.15) is 0 Å². The molecule has 1 atom stereocenters. The van der Waals surface area contributed by atoms with Crippen molar-refractivity contribution in [3.63, 3.8) is 0 Å². The fourth-order valence-electron chi connectivity index (χ4n) is 2.39. The minimum Gasteiger partial charge on any atom is -0.478 e. The van der Waals surface area contributed by atoms with Gasteiger partial charge in [-0.15, -0.1) is 0 Å². The van der Waals surface area contributed by atoms with Gasteiger partial charge in [-0.3, -0.25) is 4.79 Å². The first-order chi connectivity index (χ1) is 9.86. The predicted octanol–water partition coefficient (Wildman–Crippen LogP) is 2.16. The molecule has 2 aromatic rings. The van der Waals surface area contributed by atoms with Crippen molar-refractivity contribution in [1.29, 1.82) is 0 Å². The lowest BCUT2D eigenvalue weighted by molar-refractivity contribution is -0.123. The van der Waals surface area contributed by atoms with E-state index in [4.69, 9.17) is 5.11 Å². The molecule has 0 saturated heterocycles. The fraction of sp³-hybridized carbons (Fsp3) is 0.400. The predicted molar refractivity (Wildman–Crippen MR) is 79.6 cm³/mol. The Labute approximate surface area is 122 Å². The van der Waals surface area contributed by atoms with E-state index in [9.17, 15) is 9.59 Å². The van der Waals surface area contributed by atoms with E-state index in [1.807, 2.05) is 18.4 Å². The van der Waals surface area contributed by atoms with Gasteiger partial charge < -0.3 is 15.0 Å². The van der Waals surface area contributed by atoms with Crippen molar-refractivity contribution >= 4 is 22.9 Å². The largest absolute Gasteiger partial charge is 0.478 e. The Morgan fingerprint density at radius 3 is 2.48 bits per heavy atom. The zero-order valence-corrected chi connectivity index (χ0v) is 12.5. The maximum Gasteiger partial charge on any atom is 0.335 e. The number of nitrogens with one attached hydrogen (secondary N) is 1. The molecular formula is C15H19N3O3. The van der Waals surface area contributed by atoms with Crippen molar-refractivity contribution in [2.24, 2.45) is 0 Å². The minimum atomic E-state index is -0.997. The molecule has 1 unspecified atom stereocenters. The summed E-state index contributed by atoms with van der Waals surface area (Å²) >= 11 is 0. The highest BCUT2D eigenvalue weighted by atomic mass is 16.4. The molecule has 2 N–H and O–H groups in total. The Kier molecular flexibility index (Phi) is 3.97. The number of amides is 1. The maximum absolute atomic E-state index is 12.0. The minimum absolute atomic E-state index is 0.123. The van der Waals surface area contributed by atoms with Crippen molar-refractivity contribution in [2.45, 2.75) is 32.7 Å². The van der Waals surface area contributed by atoms with E-state index in [0.29, 0.717) is 11.0 Å². The van der Waals surface area contributed by atoms with Crippen LogP contribution in [-0.4, -0.2) is 33.6 Å². The summed E-state index contributed by atoms with van der Waals surface area (Å²) in [5, 5.41) is 11.8. The Morgan fingerprint density at radius 2 is 1.95 bits per heavy atom. The van der Waals surface area contributed by atoms with E-state index in [-0.39, 0.29) is 17.4 Å². The van der Waals surface area contributed by atoms with Gasteiger partial charge in [-0.25, -0.2) is 9.78 Å². The van der Waals surface area contributed by atoms with Crippen LogP contribution in [0, 0.1) is 0 Å². The number of benzene rings is 1. The molecular weight excluding hydrogens is 270 g/mol. The molecule has 0 aliphatic carbocycles. The van der Waals surface area contributed by atoms with Gasteiger partial charge in [-0.1, -0.05) is 13.8 Å². The average Bonchev–Trinajstić information content (AvgIpc) is 2.84. The second kappa shape index (κ2) is 5.55. The summed E-state index contributed by atoms with van der Waals surface area (Å²) in [7, 11) is 1.58. The summed E-state index contributed by atoms with van der Waals surface area (Å²) in [6.45, 7) is 5.76. The van der Waals surface area contributed by atoms with Gasteiger partial charge in [0.1, 0.15) is 11.9 Å². The van der Waals surface area contributed by atoms with Gasteiger partial charge in [0.25, 0.3) is 0 Å². The number of carbonyl (C=O) groups is 2. The van der Waals surface area contributed by atoms with E-state index < -0.39 is 12.0 Å². The number of imidazole rings is 1. The van der Waals surface area contributed by atoms with Gasteiger partial charge in [-0.05, 0) is 25.1 Å². The summed E-state index contributed by atoms with van der Waals surface area (Å²) in [5.41, 5.74) is 1.54. The Bertz CT molecular complexity index is 703. The normalized spacial score (nSPS) is 12.6. The summed E-state index contributed by atoms with van der Waals surface area (Å²) in [4.78, 5) is 27.7. The zero-order valence-electron chi connectivity index (χ0n) is 12.5. The fourth-order valence-corrected chi connectivity index (χ4v) is 2.39. The topological polar surface area (TPSA) is 84.2 Å². The van der Waals surface area contributed by atoms with Gasteiger partial charge in [0, 0.05) is 13.0 Å². The molecule has 1 amide bonds. The highest BCUT2D eigenvalue weighted by Gasteiger charge is 2.22. The van der Waals surface area contributed by atoms with Crippen LogP contribution in [0.4, 0.5) is 0 Å². The van der Waals surface area contributed by atoms with Crippen molar-refractivity contribution in [3.8, 4) is 0 Å². The first kappa shape index (κ1) is 15.0. The molecule has 112 valence electrons. The molecule has 21 heavy (non-hydrogen) atoms. The molecule has 1 heterocycles. The number of carboxylic acid groups (broad SMARTS) is 1. The monoisotopic (exact) mass is 289 g/mol. The van der Waals surface area contributed by atoms with Crippen LogP contribution in [0.2, 0.25) is 0 Å². The standard InChI is InChI=1S/C15H19N3O3/c1-8(2)13-17-11-6-5-10(15(20)21)7-12(11)18(13)9(3)14(19)16-4/h5-9H,1-4H3,(H,16,19)(H,20,21). The molecule has 1 aromatic heterocycles. The molecule has 0 bridgehead atoms. The number of likely N-dealkylation sites (N-methyl/N-ethyl adjacent to an activating group) is 1. The first-order valence-corrected chi connectivity index (χ1v) is 6.83. The molecule has 6 heteroatoms. The lowest BCUT2D eigenvalue weighted by Gasteiger charge is -2.17. The summed E-state index contributed by atoms with van der Waals surface area (Å²) < 4.78 is 1.81. The van der Waals surface area contributed by atoms with Crippen LogP contribution in [0.25, 0.3) is 11.0 Å². The van der Waals surface area contributed by atoms with Crippen LogP contribution in [0.3, 0.4) is 0 Å². The number of carbonyl (C=O) groups excluding carboxylic acids is 1. The van der Waals surface area contributed by atoms with Crippen LogP contribution in [-0.2, 0) is 4.79 Å². The number of fused-ring (bicyclic) bond motifs is 1. The number of carboxylic acids is 1. The van der Waals surface area contributed by atoms with Crippen LogP contribution in [0.1, 0.15) is 48.9 Å². The van der Waals surface area contributed by atoms with E-state index in [1.165, 1.54) is 6.07 Å². The number of hydrogen-bond donors (Lipinski definition) is 2. The van der Waals surface area contributed by atoms with Gasteiger partial charge in [0.2, 0.25) is 5.91 Å². The highest BCUT2D eigenvalue weighted by Crippen LogP contribution is 2.27. The van der Waals surface area contributed by atoms with Crippen molar-refractivity contribution in [2.75, 3.05) is 7.05 Å². The number of rotatable bonds is 4. The van der Waals surface area contributed by atoms with Crippen molar-refractivity contribution < 1.29 is 14.7 Å². The van der Waals surface area contributed by atoms with Crippen molar-refractivity contribution in [1.82, 2.24) is 14.9 Å². The average molecular weight is 289 g/mol. The number of hydrogen-bond acceptors (Lipinski definition) is 3. The van der Waals surface area contributed by atoms with Gasteiger partial charge in [0.15, 0.2) is 0 Å². The Morgan fingerprint density at radius 1 is 1.29 bits per heavy atom. The molecule has 0 saturated carbocycles. The zero-order chi connectivity index (χ0) is 15.7. The van der Waals surface area contributed by atoms with Crippen LogP contribution in [0.15, 0.2) is 18.2 Å². The first-order valence-electron chi connectivity index (χ1n) is 6.83. The Hall–Kier alpha value is -2.37. The SMILES string of the molecule is CNC(=O)C(C)n1c(C(C)C)nc2ccc(C(=O)O)cc21. The van der Waals surface area contributed by atoms with Crippen LogP contribution >= 0.6 is 0 Å². The van der Waals surface area contributed by atoms with E-state index >= 15 is 0 Å². The highest BCUT2D eigenvalue weighted by molar-refractivity contribution is 5.93. The van der Waals surface area contributed by atoms with Gasteiger partial charge >= 0.3 is 5.97 Å². The summed E-state index contributed by atoms with van der Waals surface area (Å²) in [5.74, 6) is -0.248. The van der Waals surface area contributed by atoms with Gasteiger partial charge in [0.05, 0.1) is 16.6 Å². The molecule has 6 nitrogen and oxygen atoms in total. The quantitative estimate of drug-likeness (QED) is 0.903. The molecule has 1 aromatic carbocycles. The lowest BCUT2D eigenvalue weighted by atomic mass is 10.1. The molecule has 0 aliphatic rings. The van der Waals surface area contributed by atoms with E-state index in [1.54, 1.807) is 26.1 Å². The molecule has 0 fully saturated rings. The van der Waals surface area contributed by atoms with Crippen LogP contribution < -0.4 is 5.32 Å². The number of nitrogens with zero attached hydrogens (tertiary/aromatic N) is 2. The lowest BCUT2D eigenvalue weighted by Crippen LogP contribution is -2.29. The third-order valence-corrected chi connectivity index (χ3v) is 3.49. The number of aromatic carboxylic acids is 1. The van der Waals surface area contributed by atoms with Crippen molar-refractivity contribution in [3.05, 3.63) is 29.6 Å². The maximum atomic E-state index is 12.0. The number of aromatic nitrogens is 2. The Balaban J connectivity index is 2.73. The summed E-state index contributed by atoms with van der Waals surface area (Å²) in [6.07, 6.45) is 0. The second-order valence-electron chi connectivity index (χ2n) is 5.29. The summed E-state index contributed by atoms with van der Waals surface area (Å²) in [6, 6.07) is 4.31. The smallest absolute Gasteiger partial charge is 0.335 e. The van der Waals surface area contributed by atoms with Crippen LogP contribution in [0.5, 0.6) is 0 Å². The molecule has 0 aliphatic heterocycles. The third kappa shape index (κ3) is 2.61. The second-order valence-corrected chi connectivity index (χ2v) is 5.29. The molecule has 0 radical (unpaired) electrons. The molecule has 2 rings (SSSR count).